The highest BCUT2D eigenvalue weighted by Crippen LogP contribution is 2.33. The third kappa shape index (κ3) is 3.85. The minimum Gasteiger partial charge on any atom is -0.464 e. The lowest BCUT2D eigenvalue weighted by Gasteiger charge is -2.31. The second-order valence-corrected chi connectivity index (χ2v) is 7.08. The Kier molecular flexibility index (Phi) is 5.50. The number of aromatic amines is 1. The van der Waals surface area contributed by atoms with Gasteiger partial charge in [0.2, 0.25) is 0 Å². The van der Waals surface area contributed by atoms with Gasteiger partial charge in [-0.25, -0.2) is 4.79 Å². The monoisotopic (exact) mass is 380 g/mol. The Morgan fingerprint density at radius 1 is 1.35 bits per heavy atom. The van der Waals surface area contributed by atoms with E-state index < -0.39 is 5.97 Å². The molecule has 140 valence electrons. The number of hydrogen-bond donors (Lipinski definition) is 3. The Bertz CT molecular complexity index is 825. The third-order valence-corrected chi connectivity index (χ3v) is 4.77. The van der Waals surface area contributed by atoms with Gasteiger partial charge in [0.05, 0.1) is 17.8 Å². The number of morpholine rings is 1. The average Bonchev–Trinajstić information content (AvgIpc) is 2.92. The zero-order valence-electron chi connectivity index (χ0n) is 15.0. The van der Waals surface area contributed by atoms with Crippen LogP contribution in [0.2, 0.25) is 5.02 Å². The Morgan fingerprint density at radius 3 is 2.69 bits per heavy atom. The summed E-state index contributed by atoms with van der Waals surface area (Å²) in [6.07, 6.45) is 0.212. The maximum absolute atomic E-state index is 12.6. The number of carbonyl (C=O) groups excluding carboxylic acids is 2. The molecule has 1 unspecified atom stereocenters. The minimum absolute atomic E-state index is 0.106. The van der Waals surface area contributed by atoms with Crippen molar-refractivity contribution in [3.8, 4) is 0 Å². The highest BCUT2D eigenvalue weighted by Gasteiger charge is 2.28. The van der Waals surface area contributed by atoms with Crippen LogP contribution >= 0.6 is 11.6 Å². The normalized spacial score (nSPS) is 23.0. The predicted octanol–water partition coefficient (Wildman–Crippen LogP) is 1.24. The summed E-state index contributed by atoms with van der Waals surface area (Å²) in [5.41, 5.74) is 1.20. The first-order valence-electron chi connectivity index (χ1n) is 8.56. The van der Waals surface area contributed by atoms with E-state index in [2.05, 4.69) is 10.3 Å². The number of methoxy groups -OCH3 is 1. The summed E-state index contributed by atoms with van der Waals surface area (Å²) in [6.45, 7) is 5.81. The molecule has 0 bridgehead atoms. The first-order valence-corrected chi connectivity index (χ1v) is 8.94. The number of benzene rings is 1. The second-order valence-electron chi connectivity index (χ2n) is 6.67. The Morgan fingerprint density at radius 2 is 2.04 bits per heavy atom. The van der Waals surface area contributed by atoms with Crippen LogP contribution in [0.4, 0.5) is 5.69 Å². The quantitative estimate of drug-likeness (QED) is 0.697. The molecule has 2 heterocycles. The van der Waals surface area contributed by atoms with Gasteiger partial charge in [0.1, 0.15) is 31.0 Å². The third-order valence-electron chi connectivity index (χ3n) is 4.45. The van der Waals surface area contributed by atoms with E-state index in [0.717, 1.165) is 18.0 Å². The van der Waals surface area contributed by atoms with Crippen LogP contribution in [0.3, 0.4) is 0 Å². The molecule has 3 rings (SSSR count). The van der Waals surface area contributed by atoms with Gasteiger partial charge in [-0.3, -0.25) is 4.79 Å². The summed E-state index contributed by atoms with van der Waals surface area (Å²) >= 11 is 6.29. The van der Waals surface area contributed by atoms with Gasteiger partial charge in [0, 0.05) is 10.9 Å². The van der Waals surface area contributed by atoms with Crippen LogP contribution in [0.1, 0.15) is 24.3 Å². The lowest BCUT2D eigenvalue weighted by atomic mass is 10.2. The summed E-state index contributed by atoms with van der Waals surface area (Å²) in [4.78, 5) is 28.8. The molecule has 0 radical (unpaired) electrons. The highest BCUT2D eigenvalue weighted by molar-refractivity contribution is 6.37. The number of ether oxygens (including phenoxy) is 2. The van der Waals surface area contributed by atoms with Crippen molar-refractivity contribution in [2.75, 3.05) is 32.1 Å². The van der Waals surface area contributed by atoms with Crippen LogP contribution < -0.4 is 10.2 Å². The van der Waals surface area contributed by atoms with Crippen molar-refractivity contribution in [2.24, 2.45) is 0 Å². The number of amides is 1. The van der Waals surface area contributed by atoms with Gasteiger partial charge in [-0.15, -0.1) is 0 Å². The minimum atomic E-state index is -0.562. The summed E-state index contributed by atoms with van der Waals surface area (Å²) in [7, 11) is 1.29. The van der Waals surface area contributed by atoms with E-state index in [1.807, 2.05) is 13.8 Å². The predicted molar refractivity (Wildman–Crippen MR) is 98.9 cm³/mol. The van der Waals surface area contributed by atoms with Crippen molar-refractivity contribution in [1.82, 2.24) is 4.98 Å². The van der Waals surface area contributed by atoms with Crippen LogP contribution in [0.25, 0.3) is 10.9 Å². The van der Waals surface area contributed by atoms with Gasteiger partial charge < -0.3 is 24.7 Å². The summed E-state index contributed by atoms with van der Waals surface area (Å²) < 4.78 is 10.5. The average molecular weight is 381 g/mol. The van der Waals surface area contributed by atoms with Crippen molar-refractivity contribution in [3.05, 3.63) is 28.9 Å². The molecule has 2 aromatic rings. The van der Waals surface area contributed by atoms with Gasteiger partial charge in [-0.1, -0.05) is 17.7 Å². The maximum atomic E-state index is 12.6. The molecule has 1 aliphatic heterocycles. The first-order chi connectivity index (χ1) is 12.4. The van der Waals surface area contributed by atoms with Crippen molar-refractivity contribution in [1.29, 1.82) is 0 Å². The standard InChI is InChI=1S/C18H22ClN3O4/c1-10-7-22(8-11(2)26-10)9-14(23)21-16-15-12(19)5-4-6-13(15)20-17(16)18(24)25-3/h4-6,10-11,20H,7-9H2,1-3H3,(H,21,23)/p+1/t10-,11+. The lowest BCUT2D eigenvalue weighted by Crippen LogP contribution is -3.16. The molecule has 8 heteroatoms. The molecule has 3 atom stereocenters. The number of rotatable bonds is 4. The number of carbonyl (C=O) groups is 2. The number of nitrogens with one attached hydrogen (secondary N) is 3. The summed E-state index contributed by atoms with van der Waals surface area (Å²) in [6, 6.07) is 5.28. The fourth-order valence-electron chi connectivity index (χ4n) is 3.53. The first kappa shape index (κ1) is 18.7. The lowest BCUT2D eigenvalue weighted by molar-refractivity contribution is -0.907. The number of aromatic nitrogens is 1. The number of fused-ring (bicyclic) bond motifs is 1. The topological polar surface area (TPSA) is 84.9 Å². The van der Waals surface area contributed by atoms with E-state index in [9.17, 15) is 9.59 Å². The van der Waals surface area contributed by atoms with Gasteiger partial charge in [-0.05, 0) is 26.0 Å². The molecular formula is C18H23ClN3O4+. The van der Waals surface area contributed by atoms with Crippen molar-refractivity contribution in [2.45, 2.75) is 26.1 Å². The van der Waals surface area contributed by atoms with Crippen LogP contribution in [0.5, 0.6) is 0 Å². The van der Waals surface area contributed by atoms with Crippen LogP contribution in [-0.4, -0.2) is 55.8 Å². The van der Waals surface area contributed by atoms with E-state index in [1.54, 1.807) is 18.2 Å². The van der Waals surface area contributed by atoms with Crippen LogP contribution in [-0.2, 0) is 14.3 Å². The number of halogens is 1. The number of hydrogen-bond acceptors (Lipinski definition) is 4. The SMILES string of the molecule is COC(=O)c1[nH]c2cccc(Cl)c2c1NC(=O)C[NH+]1C[C@@H](C)O[C@@H](C)C1. The Hall–Kier alpha value is -2.09. The molecular weight excluding hydrogens is 358 g/mol. The number of anilines is 1. The van der Waals surface area contributed by atoms with Crippen molar-refractivity contribution >= 4 is 40.1 Å². The molecule has 26 heavy (non-hydrogen) atoms. The van der Waals surface area contributed by atoms with E-state index in [1.165, 1.54) is 7.11 Å². The maximum Gasteiger partial charge on any atom is 0.356 e. The summed E-state index contributed by atoms with van der Waals surface area (Å²) in [5, 5.41) is 3.90. The van der Waals surface area contributed by atoms with E-state index >= 15 is 0 Å². The number of H-pyrrole nitrogens is 1. The van der Waals surface area contributed by atoms with Gasteiger partial charge in [-0.2, -0.15) is 0 Å². The Balaban J connectivity index is 1.85. The molecule has 3 N–H and O–H groups in total. The molecule has 1 aromatic carbocycles. The molecule has 7 nitrogen and oxygen atoms in total. The van der Waals surface area contributed by atoms with E-state index in [0.29, 0.717) is 21.6 Å². The molecule has 0 aliphatic carbocycles. The van der Waals surface area contributed by atoms with Crippen molar-refractivity contribution in [3.63, 3.8) is 0 Å². The smallest absolute Gasteiger partial charge is 0.356 e. The Labute approximate surface area is 156 Å². The zero-order chi connectivity index (χ0) is 18.8. The molecule has 1 saturated heterocycles. The number of esters is 1. The molecule has 1 aromatic heterocycles. The van der Waals surface area contributed by atoms with E-state index in [-0.39, 0.29) is 30.4 Å². The fourth-order valence-corrected chi connectivity index (χ4v) is 3.80. The van der Waals surface area contributed by atoms with Gasteiger partial charge >= 0.3 is 5.97 Å². The zero-order valence-corrected chi connectivity index (χ0v) is 15.8. The van der Waals surface area contributed by atoms with Gasteiger partial charge in [0.15, 0.2) is 6.54 Å². The highest BCUT2D eigenvalue weighted by atomic mass is 35.5. The molecule has 1 aliphatic rings. The van der Waals surface area contributed by atoms with Crippen LogP contribution in [0.15, 0.2) is 18.2 Å². The second kappa shape index (κ2) is 7.65. The number of quaternary nitrogens is 1. The fraction of sp³-hybridized carbons (Fsp3) is 0.444. The molecule has 0 saturated carbocycles. The van der Waals surface area contributed by atoms with Gasteiger partial charge in [0.25, 0.3) is 5.91 Å². The molecule has 1 fully saturated rings. The largest absolute Gasteiger partial charge is 0.464 e. The van der Waals surface area contributed by atoms with Crippen LogP contribution in [0, 0.1) is 0 Å². The van der Waals surface area contributed by atoms with E-state index in [4.69, 9.17) is 21.1 Å². The van der Waals surface area contributed by atoms with Crippen molar-refractivity contribution < 1.29 is 24.0 Å². The molecule has 1 amide bonds. The summed E-state index contributed by atoms with van der Waals surface area (Å²) in [5.74, 6) is -0.749. The molecule has 0 spiro atoms.